The van der Waals surface area contributed by atoms with E-state index >= 15 is 0 Å². The summed E-state index contributed by atoms with van der Waals surface area (Å²) in [4.78, 5) is 29.0. The van der Waals surface area contributed by atoms with Gasteiger partial charge in [-0.2, -0.15) is 0 Å². The second kappa shape index (κ2) is 5.28. The number of hydrogen-bond acceptors (Lipinski definition) is 5. The summed E-state index contributed by atoms with van der Waals surface area (Å²) in [6.45, 7) is 1.68. The first kappa shape index (κ1) is 14.6. The molecular weight excluding hydrogens is 315 g/mol. The van der Waals surface area contributed by atoms with E-state index in [0.717, 1.165) is 0 Å². The molecule has 0 aliphatic heterocycles. The standard InChI is InChI=1S/C10H8ClO6PS/c1-5-7-3-2-6(19-17-18(13,14)15)4-8(7)16-10(12)9(5)11/h2-4H,1H3,(H2,13,14,15). The van der Waals surface area contributed by atoms with Crippen molar-refractivity contribution in [3.63, 3.8) is 0 Å². The third-order valence-electron chi connectivity index (χ3n) is 2.30. The second-order valence-corrected chi connectivity index (χ2v) is 6.23. The van der Waals surface area contributed by atoms with Crippen molar-refractivity contribution in [2.75, 3.05) is 0 Å². The van der Waals surface area contributed by atoms with Crippen molar-refractivity contribution in [1.29, 1.82) is 0 Å². The van der Waals surface area contributed by atoms with E-state index in [1.165, 1.54) is 6.07 Å². The molecule has 1 aromatic heterocycles. The van der Waals surface area contributed by atoms with E-state index in [1.807, 2.05) is 0 Å². The highest BCUT2D eigenvalue weighted by Crippen LogP contribution is 2.43. The summed E-state index contributed by atoms with van der Waals surface area (Å²) in [7, 11) is -4.57. The molecule has 102 valence electrons. The van der Waals surface area contributed by atoms with Crippen LogP contribution in [0.25, 0.3) is 11.0 Å². The molecule has 2 aromatic rings. The van der Waals surface area contributed by atoms with E-state index in [9.17, 15) is 9.36 Å². The van der Waals surface area contributed by atoms with E-state index in [-0.39, 0.29) is 10.6 Å². The molecule has 0 aliphatic rings. The monoisotopic (exact) mass is 322 g/mol. The molecule has 0 aliphatic carbocycles. The first-order valence-corrected chi connectivity index (χ1v) is 7.58. The zero-order chi connectivity index (χ0) is 14.2. The Labute approximate surface area is 116 Å². The lowest BCUT2D eigenvalue weighted by molar-refractivity contribution is 0.298. The van der Waals surface area contributed by atoms with Crippen molar-refractivity contribution in [2.45, 2.75) is 11.8 Å². The van der Waals surface area contributed by atoms with Crippen molar-refractivity contribution < 1.29 is 22.7 Å². The number of hydrogen-bond donors (Lipinski definition) is 2. The van der Waals surface area contributed by atoms with Gasteiger partial charge >= 0.3 is 13.4 Å². The number of phosphoric acid groups is 1. The summed E-state index contributed by atoms with van der Waals surface area (Å²) >= 11 is 6.28. The Hall–Kier alpha value is -0.820. The fraction of sp³-hybridized carbons (Fsp3) is 0.100. The number of benzene rings is 1. The maximum atomic E-state index is 11.4. The predicted molar refractivity (Wildman–Crippen MR) is 71.2 cm³/mol. The molecule has 1 aromatic carbocycles. The normalized spacial score (nSPS) is 12.0. The molecule has 0 saturated heterocycles. The second-order valence-electron chi connectivity index (χ2n) is 3.63. The first-order chi connectivity index (χ1) is 8.78. The minimum atomic E-state index is -4.57. The maximum Gasteiger partial charge on any atom is 0.481 e. The van der Waals surface area contributed by atoms with Crippen LogP contribution >= 0.6 is 31.5 Å². The Morgan fingerprint density at radius 2 is 2.11 bits per heavy atom. The molecule has 9 heteroatoms. The van der Waals surface area contributed by atoms with Crippen molar-refractivity contribution in [1.82, 2.24) is 0 Å². The van der Waals surface area contributed by atoms with E-state index < -0.39 is 13.4 Å². The van der Waals surface area contributed by atoms with E-state index in [2.05, 4.69) is 3.97 Å². The number of fused-ring (bicyclic) bond motifs is 1. The molecule has 0 amide bonds. The van der Waals surface area contributed by atoms with Crippen molar-refractivity contribution in [3.8, 4) is 0 Å². The Bertz CT molecular complexity index is 737. The lowest BCUT2D eigenvalue weighted by Crippen LogP contribution is -2.01. The molecule has 0 bridgehead atoms. The molecule has 0 atom stereocenters. The Morgan fingerprint density at radius 3 is 2.74 bits per heavy atom. The zero-order valence-corrected chi connectivity index (χ0v) is 12.0. The zero-order valence-electron chi connectivity index (χ0n) is 9.49. The maximum absolute atomic E-state index is 11.4. The van der Waals surface area contributed by atoms with E-state index in [1.54, 1.807) is 19.1 Å². The topological polar surface area (TPSA) is 97.0 Å². The summed E-state index contributed by atoms with van der Waals surface area (Å²) in [6, 6.07) is 4.65. The van der Waals surface area contributed by atoms with Gasteiger partial charge in [0.15, 0.2) is 0 Å². The Morgan fingerprint density at radius 1 is 1.42 bits per heavy atom. The highest BCUT2D eigenvalue weighted by molar-refractivity contribution is 7.97. The van der Waals surface area contributed by atoms with E-state index in [0.29, 0.717) is 27.9 Å². The quantitative estimate of drug-likeness (QED) is 0.509. The highest BCUT2D eigenvalue weighted by atomic mass is 35.5. The Balaban J connectivity index is 2.44. The van der Waals surface area contributed by atoms with Crippen LogP contribution in [0.2, 0.25) is 5.02 Å². The minimum Gasteiger partial charge on any atom is -0.422 e. The number of rotatable bonds is 3. The number of aryl methyl sites for hydroxylation is 1. The summed E-state index contributed by atoms with van der Waals surface area (Å²) in [6.07, 6.45) is 0. The van der Waals surface area contributed by atoms with Gasteiger partial charge in [0.2, 0.25) is 0 Å². The summed E-state index contributed by atoms with van der Waals surface area (Å²) in [5.74, 6) is 0. The molecule has 0 unspecified atom stereocenters. The van der Waals surface area contributed by atoms with Gasteiger partial charge in [0.25, 0.3) is 0 Å². The van der Waals surface area contributed by atoms with Crippen molar-refractivity contribution >= 4 is 42.4 Å². The van der Waals surface area contributed by atoms with Crippen LogP contribution in [-0.2, 0) is 8.54 Å². The minimum absolute atomic E-state index is 0.0133. The molecule has 2 N–H and O–H groups in total. The van der Waals surface area contributed by atoms with Gasteiger partial charge < -0.3 is 14.2 Å². The third kappa shape index (κ3) is 3.39. The molecule has 0 radical (unpaired) electrons. The van der Waals surface area contributed by atoms with Gasteiger partial charge in [0.05, 0.1) is 0 Å². The largest absolute Gasteiger partial charge is 0.481 e. The SMILES string of the molecule is Cc1c(Cl)c(=O)oc2cc(SOP(=O)(O)O)ccc12. The van der Waals surface area contributed by atoms with Crippen LogP contribution in [0.4, 0.5) is 0 Å². The van der Waals surface area contributed by atoms with Crippen LogP contribution in [0.15, 0.2) is 32.3 Å². The van der Waals surface area contributed by atoms with Crippen LogP contribution in [0.3, 0.4) is 0 Å². The molecule has 0 saturated carbocycles. The van der Waals surface area contributed by atoms with Crippen LogP contribution < -0.4 is 5.63 Å². The summed E-state index contributed by atoms with van der Waals surface area (Å²) in [5.41, 5.74) is 0.191. The molecular formula is C10H8ClO6PS. The Kier molecular flexibility index (Phi) is 4.06. The lowest BCUT2D eigenvalue weighted by atomic mass is 10.1. The van der Waals surface area contributed by atoms with Gasteiger partial charge in [0, 0.05) is 22.3 Å². The van der Waals surface area contributed by atoms with Crippen LogP contribution in [0.5, 0.6) is 0 Å². The lowest BCUT2D eigenvalue weighted by Gasteiger charge is -2.06. The van der Waals surface area contributed by atoms with Crippen molar-refractivity contribution in [3.05, 3.63) is 39.2 Å². The third-order valence-corrected chi connectivity index (χ3v) is 4.26. The van der Waals surface area contributed by atoms with Crippen LogP contribution in [-0.4, -0.2) is 9.79 Å². The fourth-order valence-electron chi connectivity index (χ4n) is 1.46. The molecule has 1 heterocycles. The van der Waals surface area contributed by atoms with E-state index in [4.69, 9.17) is 25.8 Å². The average Bonchev–Trinajstić information content (AvgIpc) is 2.32. The van der Waals surface area contributed by atoms with Gasteiger partial charge in [-0.1, -0.05) is 11.6 Å². The molecule has 2 rings (SSSR count). The molecule has 0 fully saturated rings. The summed E-state index contributed by atoms with van der Waals surface area (Å²) < 4.78 is 19.9. The number of halogens is 1. The van der Waals surface area contributed by atoms with Crippen LogP contribution in [0, 0.1) is 6.92 Å². The molecule has 6 nitrogen and oxygen atoms in total. The molecule has 19 heavy (non-hydrogen) atoms. The van der Waals surface area contributed by atoms with Gasteiger partial charge in [-0.15, -0.1) is 0 Å². The summed E-state index contributed by atoms with van der Waals surface area (Å²) in [5, 5.41) is 0.657. The van der Waals surface area contributed by atoms with Crippen LogP contribution in [0.1, 0.15) is 5.56 Å². The van der Waals surface area contributed by atoms with Gasteiger partial charge in [0.1, 0.15) is 10.6 Å². The van der Waals surface area contributed by atoms with Crippen molar-refractivity contribution in [2.24, 2.45) is 0 Å². The van der Waals surface area contributed by atoms with Gasteiger partial charge in [-0.3, -0.25) is 0 Å². The smallest absolute Gasteiger partial charge is 0.422 e. The van der Waals surface area contributed by atoms with Gasteiger partial charge in [-0.05, 0) is 30.7 Å². The predicted octanol–water partition coefficient (Wildman–Crippen LogP) is 2.87. The fourth-order valence-corrected chi connectivity index (χ4v) is 2.61. The first-order valence-electron chi connectivity index (χ1n) is 4.93. The highest BCUT2D eigenvalue weighted by Gasteiger charge is 2.16. The average molecular weight is 323 g/mol. The van der Waals surface area contributed by atoms with Gasteiger partial charge in [-0.25, -0.2) is 13.3 Å². The molecule has 0 spiro atoms.